The molecule has 0 aliphatic heterocycles. The van der Waals surface area contributed by atoms with Crippen molar-refractivity contribution in [2.45, 2.75) is 0 Å². The number of aliphatic hydroxyl groups excluding tert-OH is 1. The fraction of sp³-hybridized carbons (Fsp3) is 0.750. The Bertz CT molecular complexity index is 95.5. The highest BCUT2D eigenvalue weighted by Crippen LogP contribution is 2.34. The minimum Gasteiger partial charge on any atom is -0.394 e. The molecule has 0 aliphatic carbocycles. The van der Waals surface area contributed by atoms with E-state index in [1.165, 1.54) is 6.66 Å². The highest BCUT2D eigenvalue weighted by atomic mass is 31.2. The van der Waals surface area contributed by atoms with Crippen molar-refractivity contribution in [2.24, 2.45) is 0 Å². The van der Waals surface area contributed by atoms with Gasteiger partial charge in [0.1, 0.15) is 7.34 Å². The van der Waals surface area contributed by atoms with Crippen LogP contribution in [0.4, 0.5) is 0 Å². The lowest BCUT2D eigenvalue weighted by Gasteiger charge is -2.09. The van der Waals surface area contributed by atoms with E-state index in [-0.39, 0.29) is 13.2 Å². The second-order valence-corrected chi connectivity index (χ2v) is 3.97. The largest absolute Gasteiger partial charge is 0.394 e. The van der Waals surface area contributed by atoms with Crippen molar-refractivity contribution in [2.75, 3.05) is 19.9 Å². The van der Waals surface area contributed by atoms with Crippen LogP contribution in [0.3, 0.4) is 0 Å². The Labute approximate surface area is 49.1 Å². The van der Waals surface area contributed by atoms with Crippen molar-refractivity contribution in [1.82, 2.24) is 0 Å². The molecule has 0 saturated heterocycles. The number of hydrogen-bond donors (Lipinski definition) is 2. The van der Waals surface area contributed by atoms with Gasteiger partial charge >= 0.3 is 0 Å². The van der Waals surface area contributed by atoms with Gasteiger partial charge in [-0.1, -0.05) is 6.30 Å². The molecule has 0 rings (SSSR count). The van der Waals surface area contributed by atoms with Crippen molar-refractivity contribution < 1.29 is 14.5 Å². The average molecular weight is 138 g/mol. The molecule has 0 aromatic heterocycles. The van der Waals surface area contributed by atoms with Gasteiger partial charge in [0.2, 0.25) is 0 Å². The third kappa shape index (κ3) is 6.18. The third-order valence-electron chi connectivity index (χ3n) is 0.461. The van der Waals surface area contributed by atoms with Gasteiger partial charge in [0.25, 0.3) is 0 Å². The maximum absolute atomic E-state index is 8.82. The first-order chi connectivity index (χ1) is 3.56. The lowest BCUT2D eigenvalue weighted by atomic mass is 10.8. The Balaban J connectivity index is 3.26. The van der Waals surface area contributed by atoms with Crippen molar-refractivity contribution in [3.05, 3.63) is 0 Å². The summed E-state index contributed by atoms with van der Waals surface area (Å²) in [6.07, 6.45) is 3.34. The van der Waals surface area contributed by atoms with Crippen LogP contribution >= 0.6 is 7.34 Å². The Morgan fingerprint density at radius 1 is 1.75 bits per heavy atom. The molecule has 0 amide bonds. The Morgan fingerprint density at radius 3 is 2.38 bits per heavy atom. The molecule has 1 atom stereocenters. The van der Waals surface area contributed by atoms with Gasteiger partial charge in [-0.3, -0.25) is 0 Å². The van der Waals surface area contributed by atoms with Crippen LogP contribution in [0.1, 0.15) is 0 Å². The zero-order valence-electron chi connectivity index (χ0n) is 4.87. The normalized spacial score (nSPS) is 17.9. The molecule has 0 heterocycles. The van der Waals surface area contributed by atoms with Crippen LogP contribution in [0, 0.1) is 0 Å². The molecule has 0 fully saturated rings. The van der Waals surface area contributed by atoms with E-state index in [0.717, 1.165) is 0 Å². The van der Waals surface area contributed by atoms with E-state index in [1.54, 1.807) is 0 Å². The fourth-order valence-electron chi connectivity index (χ4n) is 0.237. The molecular formula is C4H11O3P. The zero-order chi connectivity index (χ0) is 6.62. The van der Waals surface area contributed by atoms with Crippen molar-refractivity contribution in [1.29, 1.82) is 0 Å². The van der Waals surface area contributed by atoms with Crippen LogP contribution in [-0.4, -0.2) is 36.2 Å². The fourth-order valence-corrected chi connectivity index (χ4v) is 0.712. The van der Waals surface area contributed by atoms with Gasteiger partial charge in [0.05, 0.1) is 13.2 Å². The van der Waals surface area contributed by atoms with Crippen molar-refractivity contribution in [3.8, 4) is 0 Å². The van der Waals surface area contributed by atoms with E-state index in [0.29, 0.717) is 0 Å². The molecule has 0 spiro atoms. The van der Waals surface area contributed by atoms with E-state index in [1.807, 2.05) is 0 Å². The van der Waals surface area contributed by atoms with E-state index in [2.05, 4.69) is 10.8 Å². The van der Waals surface area contributed by atoms with E-state index < -0.39 is 7.34 Å². The minimum absolute atomic E-state index is 0.0638. The van der Waals surface area contributed by atoms with E-state index in [9.17, 15) is 0 Å². The Hall–Kier alpha value is 0.180. The zero-order valence-corrected chi connectivity index (χ0v) is 5.77. The molecular weight excluding hydrogens is 127 g/mol. The summed E-state index contributed by atoms with van der Waals surface area (Å²) in [5.41, 5.74) is 0. The lowest BCUT2D eigenvalue weighted by molar-refractivity contribution is 0.201. The van der Waals surface area contributed by atoms with Gasteiger partial charge in [-0.25, -0.2) is 0 Å². The molecule has 0 radical (unpaired) electrons. The summed E-state index contributed by atoms with van der Waals surface area (Å²) >= 11 is 0. The van der Waals surface area contributed by atoms with Gasteiger partial charge in [-0.15, -0.1) is 0 Å². The summed E-state index contributed by atoms with van der Waals surface area (Å²) in [6, 6.07) is 0. The number of rotatable bonds is 3. The van der Waals surface area contributed by atoms with E-state index >= 15 is 0 Å². The molecule has 2 N–H and O–H groups in total. The quantitative estimate of drug-likeness (QED) is 0.535. The van der Waals surface area contributed by atoms with Gasteiger partial charge in [-0.05, 0) is 0 Å². The predicted molar refractivity (Wildman–Crippen MR) is 35.2 cm³/mol. The number of aliphatic hydroxyl groups is 1. The Kier molecular flexibility index (Phi) is 3.33. The van der Waals surface area contributed by atoms with Gasteiger partial charge in [0, 0.05) is 6.66 Å². The lowest BCUT2D eigenvalue weighted by Crippen LogP contribution is -1.95. The molecule has 0 bridgehead atoms. The molecule has 0 aromatic carbocycles. The molecule has 0 aromatic rings. The third-order valence-corrected chi connectivity index (χ3v) is 1.20. The van der Waals surface area contributed by atoms with Crippen LogP contribution in [0.15, 0.2) is 0 Å². The second-order valence-electron chi connectivity index (χ2n) is 1.61. The standard InChI is InChI=1S/C4H11O3P/c1-8(2,6)7-4-3-5/h5-6H,1,3-4H2,2H3. The van der Waals surface area contributed by atoms with Crippen LogP contribution in [0.2, 0.25) is 0 Å². The summed E-state index contributed by atoms with van der Waals surface area (Å²) in [7, 11) is -2.34. The summed E-state index contributed by atoms with van der Waals surface area (Å²) in [5, 5.41) is 8.18. The highest BCUT2D eigenvalue weighted by molar-refractivity contribution is 7.62. The van der Waals surface area contributed by atoms with E-state index in [4.69, 9.17) is 10.00 Å². The smallest absolute Gasteiger partial charge is 0.111 e. The minimum atomic E-state index is -2.34. The molecule has 50 valence electrons. The van der Waals surface area contributed by atoms with Crippen LogP contribution in [0.5, 0.6) is 0 Å². The molecule has 0 saturated carbocycles. The average Bonchev–Trinajstić information content (AvgIpc) is 1.59. The Morgan fingerprint density at radius 2 is 2.25 bits per heavy atom. The van der Waals surface area contributed by atoms with Gasteiger partial charge in [0.15, 0.2) is 0 Å². The van der Waals surface area contributed by atoms with Crippen molar-refractivity contribution >= 4 is 13.6 Å². The maximum atomic E-state index is 8.82. The summed E-state index contributed by atoms with van der Waals surface area (Å²) < 4.78 is 4.68. The van der Waals surface area contributed by atoms with Gasteiger partial charge < -0.3 is 14.5 Å². The van der Waals surface area contributed by atoms with Gasteiger partial charge in [-0.2, -0.15) is 0 Å². The molecule has 3 nitrogen and oxygen atoms in total. The first-order valence-corrected chi connectivity index (χ1v) is 4.54. The molecule has 8 heavy (non-hydrogen) atoms. The van der Waals surface area contributed by atoms with Crippen LogP contribution in [0.25, 0.3) is 0 Å². The topological polar surface area (TPSA) is 49.7 Å². The van der Waals surface area contributed by atoms with Crippen molar-refractivity contribution in [3.63, 3.8) is 0 Å². The molecule has 1 unspecified atom stereocenters. The summed E-state index contributed by atoms with van der Waals surface area (Å²) in [4.78, 5) is 8.82. The summed E-state index contributed by atoms with van der Waals surface area (Å²) in [6.45, 7) is 1.62. The monoisotopic (exact) mass is 138 g/mol. The SMILES string of the molecule is C=P(C)(O)OCCO. The first kappa shape index (κ1) is 8.18. The van der Waals surface area contributed by atoms with Crippen LogP contribution < -0.4 is 0 Å². The highest BCUT2D eigenvalue weighted by Gasteiger charge is 1.97. The maximum Gasteiger partial charge on any atom is 0.111 e. The van der Waals surface area contributed by atoms with Crippen LogP contribution in [-0.2, 0) is 4.52 Å². The predicted octanol–water partition coefficient (Wildman–Crippen LogP) is -0.103. The summed E-state index contributed by atoms with van der Waals surface area (Å²) in [5.74, 6) is 0. The first-order valence-electron chi connectivity index (χ1n) is 2.25. The molecule has 4 heteroatoms. The second kappa shape index (κ2) is 3.25. The number of hydrogen-bond acceptors (Lipinski definition) is 3. The molecule has 0 aliphatic rings.